The summed E-state index contributed by atoms with van der Waals surface area (Å²) >= 11 is 0. The molecule has 0 spiro atoms. The van der Waals surface area contributed by atoms with Gasteiger partial charge in [0.25, 0.3) is 0 Å². The van der Waals surface area contributed by atoms with Crippen molar-refractivity contribution in [3.63, 3.8) is 0 Å². The maximum Gasteiger partial charge on any atom is 0.240 e. The lowest BCUT2D eigenvalue weighted by Gasteiger charge is -2.08. The Balaban J connectivity index is 2.24. The van der Waals surface area contributed by atoms with Gasteiger partial charge in [-0.3, -0.25) is 24.6 Å². The third-order valence-corrected chi connectivity index (χ3v) is 2.46. The van der Waals surface area contributed by atoms with Crippen LogP contribution in [0.5, 0.6) is 0 Å². The highest BCUT2D eigenvalue weighted by Crippen LogP contribution is 2.48. The lowest BCUT2D eigenvalue weighted by atomic mass is 10.4. The average molecular weight is 170 g/mol. The fourth-order valence-electron chi connectivity index (χ4n) is 1.71. The second-order valence-corrected chi connectivity index (χ2v) is 3.06. The topological polar surface area (TPSA) is 80.5 Å². The predicted octanol–water partition coefficient (Wildman–Crippen LogP) is -1.12. The SMILES string of the molecule is CN1C(=O)C2C(C1=O)C2[N+](=O)[O-]. The molecule has 2 fully saturated rings. The summed E-state index contributed by atoms with van der Waals surface area (Å²) < 4.78 is 0. The van der Waals surface area contributed by atoms with Crippen LogP contribution in [0.2, 0.25) is 0 Å². The van der Waals surface area contributed by atoms with E-state index in [2.05, 4.69) is 0 Å². The van der Waals surface area contributed by atoms with Crippen LogP contribution in [0.1, 0.15) is 0 Å². The molecule has 1 aliphatic heterocycles. The third kappa shape index (κ3) is 0.596. The first-order valence-corrected chi connectivity index (χ1v) is 3.50. The number of nitro groups is 1. The van der Waals surface area contributed by atoms with Gasteiger partial charge in [0.1, 0.15) is 11.8 Å². The molecular weight excluding hydrogens is 164 g/mol. The molecule has 2 aliphatic rings. The van der Waals surface area contributed by atoms with E-state index in [1.165, 1.54) is 7.05 Å². The number of fused-ring (bicyclic) bond motifs is 1. The van der Waals surface area contributed by atoms with Crippen molar-refractivity contribution in [1.29, 1.82) is 0 Å². The molecule has 6 heteroatoms. The number of hydrogen-bond donors (Lipinski definition) is 0. The van der Waals surface area contributed by atoms with Gasteiger partial charge in [-0.25, -0.2) is 0 Å². The van der Waals surface area contributed by atoms with Crippen molar-refractivity contribution < 1.29 is 14.5 Å². The van der Waals surface area contributed by atoms with Gasteiger partial charge in [-0.05, 0) is 0 Å². The highest BCUT2D eigenvalue weighted by Gasteiger charge is 2.74. The van der Waals surface area contributed by atoms with Crippen molar-refractivity contribution in [2.45, 2.75) is 6.04 Å². The molecule has 2 unspecified atom stereocenters. The van der Waals surface area contributed by atoms with E-state index in [1.54, 1.807) is 0 Å². The van der Waals surface area contributed by atoms with Crippen LogP contribution in [0.4, 0.5) is 0 Å². The standard InChI is InChI=1S/C6H6N2O4/c1-7-5(9)2-3(6(7)10)4(2)8(11)12/h2-4H,1H3. The number of carbonyl (C=O) groups is 2. The van der Waals surface area contributed by atoms with Gasteiger partial charge in [-0.15, -0.1) is 0 Å². The second kappa shape index (κ2) is 1.82. The fraction of sp³-hybridized carbons (Fsp3) is 0.667. The Morgan fingerprint density at radius 2 is 1.75 bits per heavy atom. The smallest absolute Gasteiger partial charge is 0.240 e. The molecule has 2 rings (SSSR count). The van der Waals surface area contributed by atoms with Crippen LogP contribution in [-0.4, -0.2) is 34.7 Å². The number of nitrogens with zero attached hydrogens (tertiary/aromatic N) is 2. The molecular formula is C6H6N2O4. The maximum absolute atomic E-state index is 11.1. The lowest BCUT2D eigenvalue weighted by Crippen LogP contribution is -2.33. The van der Waals surface area contributed by atoms with Gasteiger partial charge in [0.05, 0.1) is 0 Å². The number of piperidine rings is 1. The monoisotopic (exact) mass is 170 g/mol. The average Bonchev–Trinajstić information content (AvgIpc) is 2.69. The Kier molecular flexibility index (Phi) is 1.09. The highest BCUT2D eigenvalue weighted by atomic mass is 16.6. The third-order valence-electron chi connectivity index (χ3n) is 2.46. The van der Waals surface area contributed by atoms with E-state index in [1.807, 2.05) is 0 Å². The summed E-state index contributed by atoms with van der Waals surface area (Å²) in [6.07, 6.45) is 0. The number of imide groups is 1. The van der Waals surface area contributed by atoms with Gasteiger partial charge in [0.2, 0.25) is 17.9 Å². The molecule has 0 radical (unpaired) electrons. The van der Waals surface area contributed by atoms with E-state index >= 15 is 0 Å². The van der Waals surface area contributed by atoms with Crippen LogP contribution in [0, 0.1) is 22.0 Å². The highest BCUT2D eigenvalue weighted by molar-refractivity contribution is 6.09. The Morgan fingerprint density at radius 1 is 1.33 bits per heavy atom. The summed E-state index contributed by atoms with van der Waals surface area (Å²) in [6.45, 7) is 0. The Labute approximate surface area is 67.3 Å². The van der Waals surface area contributed by atoms with Crippen LogP contribution >= 0.6 is 0 Å². The van der Waals surface area contributed by atoms with Gasteiger partial charge >= 0.3 is 0 Å². The quantitative estimate of drug-likeness (QED) is 0.283. The lowest BCUT2D eigenvalue weighted by molar-refractivity contribution is -0.500. The molecule has 6 nitrogen and oxygen atoms in total. The number of rotatable bonds is 1. The zero-order valence-corrected chi connectivity index (χ0v) is 6.26. The van der Waals surface area contributed by atoms with Gasteiger partial charge in [-0.2, -0.15) is 0 Å². The number of carbonyl (C=O) groups excluding carboxylic acids is 2. The Bertz CT molecular complexity index is 278. The van der Waals surface area contributed by atoms with E-state index in [0.717, 1.165) is 4.90 Å². The maximum atomic E-state index is 11.1. The fourth-order valence-corrected chi connectivity index (χ4v) is 1.71. The minimum atomic E-state index is -0.943. The molecule has 1 saturated carbocycles. The predicted molar refractivity (Wildman–Crippen MR) is 35.5 cm³/mol. The first-order valence-electron chi connectivity index (χ1n) is 3.50. The summed E-state index contributed by atoms with van der Waals surface area (Å²) in [7, 11) is 1.35. The van der Waals surface area contributed by atoms with Crippen LogP contribution in [-0.2, 0) is 9.59 Å². The summed E-state index contributed by atoms with van der Waals surface area (Å²) in [5.41, 5.74) is 0. The molecule has 64 valence electrons. The number of likely N-dealkylation sites (tertiary alicyclic amines) is 1. The van der Waals surface area contributed by atoms with Crippen molar-refractivity contribution in [1.82, 2.24) is 4.90 Å². The van der Waals surface area contributed by atoms with Crippen LogP contribution < -0.4 is 0 Å². The number of amides is 2. The minimum absolute atomic E-state index is 0.410. The zero-order chi connectivity index (χ0) is 9.04. The first kappa shape index (κ1) is 7.20. The van der Waals surface area contributed by atoms with E-state index in [9.17, 15) is 19.7 Å². The molecule has 12 heavy (non-hydrogen) atoms. The van der Waals surface area contributed by atoms with E-state index in [-0.39, 0.29) is 0 Å². The van der Waals surface area contributed by atoms with Gasteiger partial charge in [0.15, 0.2) is 0 Å². The minimum Gasteiger partial charge on any atom is -0.285 e. The van der Waals surface area contributed by atoms with Crippen molar-refractivity contribution in [2.24, 2.45) is 11.8 Å². The molecule has 0 N–H and O–H groups in total. The van der Waals surface area contributed by atoms with Crippen molar-refractivity contribution in [3.8, 4) is 0 Å². The molecule has 1 heterocycles. The molecule has 0 aromatic rings. The summed E-state index contributed by atoms with van der Waals surface area (Å²) in [4.78, 5) is 32.8. The van der Waals surface area contributed by atoms with Crippen molar-refractivity contribution in [3.05, 3.63) is 10.1 Å². The van der Waals surface area contributed by atoms with Crippen LogP contribution in [0.15, 0.2) is 0 Å². The Hall–Kier alpha value is -1.46. The van der Waals surface area contributed by atoms with E-state index in [0.29, 0.717) is 0 Å². The van der Waals surface area contributed by atoms with Gasteiger partial charge < -0.3 is 0 Å². The summed E-state index contributed by atoms with van der Waals surface area (Å²) in [6, 6.07) is -0.943. The first-order chi connectivity index (χ1) is 5.55. The summed E-state index contributed by atoms with van der Waals surface area (Å²) in [5.74, 6) is -2.16. The largest absolute Gasteiger partial charge is 0.285 e. The van der Waals surface area contributed by atoms with Gasteiger partial charge in [0, 0.05) is 12.0 Å². The van der Waals surface area contributed by atoms with Crippen molar-refractivity contribution >= 4 is 11.8 Å². The Morgan fingerprint density at radius 3 is 2.08 bits per heavy atom. The van der Waals surface area contributed by atoms with Crippen molar-refractivity contribution in [2.75, 3.05) is 7.05 Å². The van der Waals surface area contributed by atoms with E-state index < -0.39 is 34.6 Å². The van der Waals surface area contributed by atoms with E-state index in [4.69, 9.17) is 0 Å². The second-order valence-electron chi connectivity index (χ2n) is 3.06. The molecule has 1 aliphatic carbocycles. The molecule has 1 saturated heterocycles. The van der Waals surface area contributed by atoms with Crippen LogP contribution in [0.25, 0.3) is 0 Å². The molecule has 2 amide bonds. The molecule has 0 aromatic heterocycles. The number of hydrogen-bond acceptors (Lipinski definition) is 4. The van der Waals surface area contributed by atoms with Crippen LogP contribution in [0.3, 0.4) is 0 Å². The zero-order valence-electron chi connectivity index (χ0n) is 6.26. The normalized spacial score (nSPS) is 38.4. The molecule has 2 atom stereocenters. The summed E-state index contributed by atoms with van der Waals surface area (Å²) in [5, 5.41) is 10.3. The molecule has 0 bridgehead atoms. The molecule has 0 aromatic carbocycles. The van der Waals surface area contributed by atoms with Gasteiger partial charge in [-0.1, -0.05) is 0 Å².